The number of aromatic nitrogens is 2. The Kier molecular flexibility index (Phi) is 3.63. The van der Waals surface area contributed by atoms with Gasteiger partial charge in [-0.05, 0) is 11.0 Å². The standard InChI is InChI=1S/C11H10BFN2O4/c13-9-6-15(11(17)14-10(9)16)5-7-2-1-3-8(4-7)12(18)19/h1-4,6,18-19H,5H2,(H,14,16,17). The highest BCUT2D eigenvalue weighted by Crippen LogP contribution is 1.99. The summed E-state index contributed by atoms with van der Waals surface area (Å²) in [6.07, 6.45) is 0.809. The maximum absolute atomic E-state index is 13.1. The van der Waals surface area contributed by atoms with E-state index >= 15 is 0 Å². The highest BCUT2D eigenvalue weighted by atomic mass is 19.1. The third-order valence-corrected chi connectivity index (χ3v) is 2.57. The number of rotatable bonds is 3. The molecule has 0 aliphatic heterocycles. The Morgan fingerprint density at radius 1 is 1.32 bits per heavy atom. The molecule has 98 valence electrons. The van der Waals surface area contributed by atoms with Crippen molar-refractivity contribution in [3.05, 3.63) is 62.7 Å². The van der Waals surface area contributed by atoms with E-state index in [2.05, 4.69) is 0 Å². The molecular formula is C11H10BFN2O4. The lowest BCUT2D eigenvalue weighted by Crippen LogP contribution is -2.33. The number of benzene rings is 1. The smallest absolute Gasteiger partial charge is 0.423 e. The van der Waals surface area contributed by atoms with Crippen molar-refractivity contribution in [2.24, 2.45) is 0 Å². The van der Waals surface area contributed by atoms with Gasteiger partial charge < -0.3 is 10.0 Å². The number of hydrogen-bond acceptors (Lipinski definition) is 4. The molecule has 0 fully saturated rings. The van der Waals surface area contributed by atoms with E-state index in [1.165, 1.54) is 12.1 Å². The van der Waals surface area contributed by atoms with Gasteiger partial charge in [0.05, 0.1) is 12.7 Å². The number of nitrogens with zero attached hydrogens (tertiary/aromatic N) is 1. The van der Waals surface area contributed by atoms with Crippen molar-refractivity contribution >= 4 is 12.6 Å². The van der Waals surface area contributed by atoms with Gasteiger partial charge in [0.2, 0.25) is 5.82 Å². The van der Waals surface area contributed by atoms with Crippen molar-refractivity contribution in [1.82, 2.24) is 9.55 Å². The van der Waals surface area contributed by atoms with E-state index < -0.39 is 24.2 Å². The fourth-order valence-electron chi connectivity index (χ4n) is 1.65. The predicted molar refractivity (Wildman–Crippen MR) is 66.7 cm³/mol. The Bertz CT molecular complexity index is 710. The van der Waals surface area contributed by atoms with Gasteiger partial charge in [0.1, 0.15) is 0 Å². The summed E-state index contributed by atoms with van der Waals surface area (Å²) in [5.41, 5.74) is -0.975. The van der Waals surface area contributed by atoms with Gasteiger partial charge in [0, 0.05) is 0 Å². The summed E-state index contributed by atoms with van der Waals surface area (Å²) in [4.78, 5) is 24.2. The summed E-state index contributed by atoms with van der Waals surface area (Å²) >= 11 is 0. The third kappa shape index (κ3) is 2.98. The zero-order valence-electron chi connectivity index (χ0n) is 9.71. The molecule has 0 spiro atoms. The zero-order valence-corrected chi connectivity index (χ0v) is 9.71. The summed E-state index contributed by atoms with van der Waals surface area (Å²) in [7, 11) is -1.62. The zero-order chi connectivity index (χ0) is 14.0. The monoisotopic (exact) mass is 264 g/mol. The van der Waals surface area contributed by atoms with E-state index in [-0.39, 0.29) is 12.0 Å². The first kappa shape index (κ1) is 13.3. The van der Waals surface area contributed by atoms with Crippen molar-refractivity contribution < 1.29 is 14.4 Å². The average molecular weight is 264 g/mol. The molecule has 0 unspecified atom stereocenters. The molecule has 0 amide bonds. The summed E-state index contributed by atoms with van der Waals surface area (Å²) in [5, 5.41) is 18.1. The van der Waals surface area contributed by atoms with E-state index in [9.17, 15) is 14.0 Å². The Morgan fingerprint density at radius 2 is 2.05 bits per heavy atom. The molecule has 19 heavy (non-hydrogen) atoms. The summed E-state index contributed by atoms with van der Waals surface area (Å²) in [6.45, 7) is 0.00704. The van der Waals surface area contributed by atoms with Crippen LogP contribution in [0.4, 0.5) is 4.39 Å². The van der Waals surface area contributed by atoms with Gasteiger partial charge in [-0.2, -0.15) is 4.39 Å². The molecule has 0 atom stereocenters. The fraction of sp³-hybridized carbons (Fsp3) is 0.0909. The third-order valence-electron chi connectivity index (χ3n) is 2.57. The quantitative estimate of drug-likeness (QED) is 0.582. The van der Waals surface area contributed by atoms with Crippen molar-refractivity contribution in [2.75, 3.05) is 0 Å². The molecule has 0 radical (unpaired) electrons. The number of nitrogens with one attached hydrogen (secondary N) is 1. The van der Waals surface area contributed by atoms with Crippen molar-refractivity contribution in [3.8, 4) is 0 Å². The SMILES string of the molecule is O=c1[nH]c(=O)n(Cc2cccc(B(O)O)c2)cc1F. The lowest BCUT2D eigenvalue weighted by molar-refractivity contribution is 0.425. The van der Waals surface area contributed by atoms with Crippen LogP contribution < -0.4 is 16.7 Å². The largest absolute Gasteiger partial charge is 0.488 e. The van der Waals surface area contributed by atoms with Gasteiger partial charge in [-0.25, -0.2) is 4.79 Å². The molecule has 0 bridgehead atoms. The maximum atomic E-state index is 13.1. The molecule has 1 heterocycles. The normalized spacial score (nSPS) is 10.5. The molecule has 3 N–H and O–H groups in total. The lowest BCUT2D eigenvalue weighted by Gasteiger charge is -2.07. The number of aromatic amines is 1. The van der Waals surface area contributed by atoms with Gasteiger partial charge in [0.25, 0.3) is 5.56 Å². The molecule has 1 aromatic heterocycles. The van der Waals surface area contributed by atoms with Gasteiger partial charge in [-0.3, -0.25) is 14.3 Å². The minimum absolute atomic E-state index is 0.00704. The Balaban J connectivity index is 2.36. The summed E-state index contributed by atoms with van der Waals surface area (Å²) in [5.74, 6) is -1.06. The number of hydrogen-bond donors (Lipinski definition) is 3. The van der Waals surface area contributed by atoms with E-state index in [0.29, 0.717) is 5.56 Å². The molecule has 0 aliphatic carbocycles. The Labute approximate surface area is 106 Å². The first-order valence-electron chi connectivity index (χ1n) is 5.41. The topological polar surface area (TPSA) is 95.3 Å². The van der Waals surface area contributed by atoms with E-state index in [1.807, 2.05) is 4.98 Å². The summed E-state index contributed by atoms with van der Waals surface area (Å²) < 4.78 is 14.1. The van der Waals surface area contributed by atoms with Crippen LogP contribution in [0.1, 0.15) is 5.56 Å². The number of H-pyrrole nitrogens is 1. The second kappa shape index (κ2) is 5.21. The van der Waals surface area contributed by atoms with Gasteiger partial charge in [-0.1, -0.05) is 24.3 Å². The van der Waals surface area contributed by atoms with Crippen LogP contribution in [-0.2, 0) is 6.54 Å². The number of halogens is 1. The van der Waals surface area contributed by atoms with Crippen LogP contribution in [0.15, 0.2) is 40.1 Å². The Hall–Kier alpha value is -2.19. The minimum atomic E-state index is -1.62. The van der Waals surface area contributed by atoms with E-state index in [4.69, 9.17) is 10.0 Å². The van der Waals surface area contributed by atoms with Crippen LogP contribution in [-0.4, -0.2) is 26.7 Å². The first-order chi connectivity index (χ1) is 8.97. The van der Waals surface area contributed by atoms with Crippen molar-refractivity contribution in [2.45, 2.75) is 6.54 Å². The molecule has 0 saturated carbocycles. The predicted octanol–water partition coefficient (Wildman–Crippen LogP) is -1.60. The average Bonchev–Trinajstić information content (AvgIpc) is 2.36. The molecule has 8 heteroatoms. The van der Waals surface area contributed by atoms with Gasteiger partial charge in [0.15, 0.2) is 0 Å². The van der Waals surface area contributed by atoms with Crippen molar-refractivity contribution in [1.29, 1.82) is 0 Å². The second-order valence-electron chi connectivity index (χ2n) is 3.98. The molecule has 2 rings (SSSR count). The second-order valence-corrected chi connectivity index (χ2v) is 3.98. The van der Waals surface area contributed by atoms with E-state index in [1.54, 1.807) is 12.1 Å². The molecule has 2 aromatic rings. The van der Waals surface area contributed by atoms with Crippen molar-refractivity contribution in [3.63, 3.8) is 0 Å². The van der Waals surface area contributed by atoms with E-state index in [0.717, 1.165) is 10.8 Å². The van der Waals surface area contributed by atoms with Crippen LogP contribution in [0.2, 0.25) is 0 Å². The molecule has 6 nitrogen and oxygen atoms in total. The molecular weight excluding hydrogens is 254 g/mol. The lowest BCUT2D eigenvalue weighted by atomic mass is 9.79. The van der Waals surface area contributed by atoms with Crippen LogP contribution in [0.25, 0.3) is 0 Å². The van der Waals surface area contributed by atoms with Gasteiger partial charge in [-0.15, -0.1) is 0 Å². The molecule has 0 aliphatic rings. The maximum Gasteiger partial charge on any atom is 0.488 e. The fourth-order valence-corrected chi connectivity index (χ4v) is 1.65. The highest BCUT2D eigenvalue weighted by molar-refractivity contribution is 6.58. The van der Waals surface area contributed by atoms with Crippen LogP contribution in [0.5, 0.6) is 0 Å². The molecule has 1 aromatic carbocycles. The molecule has 0 saturated heterocycles. The van der Waals surface area contributed by atoms with Gasteiger partial charge >= 0.3 is 12.8 Å². The summed E-state index contributed by atoms with van der Waals surface area (Å²) in [6, 6.07) is 6.20. The van der Waals surface area contributed by atoms with Crippen LogP contribution in [0, 0.1) is 5.82 Å². The highest BCUT2D eigenvalue weighted by Gasteiger charge is 2.11. The van der Waals surface area contributed by atoms with Crippen LogP contribution >= 0.6 is 0 Å². The van der Waals surface area contributed by atoms with Crippen LogP contribution in [0.3, 0.4) is 0 Å². The minimum Gasteiger partial charge on any atom is -0.423 e. The first-order valence-corrected chi connectivity index (χ1v) is 5.41. The Morgan fingerprint density at radius 3 is 2.74 bits per heavy atom.